The third-order valence-electron chi connectivity index (χ3n) is 2.46. The van der Waals surface area contributed by atoms with Gasteiger partial charge in [0, 0.05) is 16.7 Å². The molecule has 0 unspecified atom stereocenters. The summed E-state index contributed by atoms with van der Waals surface area (Å²) in [6, 6.07) is 8.24. The van der Waals surface area contributed by atoms with E-state index in [9.17, 15) is 0 Å². The van der Waals surface area contributed by atoms with Gasteiger partial charge in [-0.25, -0.2) is 0 Å². The van der Waals surface area contributed by atoms with Gasteiger partial charge in [0.15, 0.2) is 0 Å². The molecule has 1 saturated heterocycles. The molecular formula is C11H14INO. The summed E-state index contributed by atoms with van der Waals surface area (Å²) in [5.74, 6) is 0.991. The van der Waals surface area contributed by atoms with E-state index >= 15 is 0 Å². The van der Waals surface area contributed by atoms with Crippen molar-refractivity contribution in [2.24, 2.45) is 0 Å². The fourth-order valence-corrected chi connectivity index (χ4v) is 2.06. The van der Waals surface area contributed by atoms with E-state index in [1.165, 1.54) is 3.57 Å². The number of likely N-dealkylation sites (N-methyl/N-ethyl adjacent to an activating group) is 1. The molecule has 76 valence electrons. The Morgan fingerprint density at radius 1 is 1.36 bits per heavy atom. The van der Waals surface area contributed by atoms with Gasteiger partial charge >= 0.3 is 0 Å². The zero-order valence-electron chi connectivity index (χ0n) is 8.24. The van der Waals surface area contributed by atoms with Crippen LogP contribution in [0.3, 0.4) is 0 Å². The van der Waals surface area contributed by atoms with Crippen molar-refractivity contribution in [2.75, 3.05) is 20.1 Å². The minimum Gasteiger partial charge on any atom is -0.489 e. The molecule has 1 aliphatic heterocycles. The lowest BCUT2D eigenvalue weighted by molar-refractivity contribution is 0.208. The molecule has 0 aromatic heterocycles. The molecule has 0 radical (unpaired) electrons. The molecule has 0 saturated carbocycles. The van der Waals surface area contributed by atoms with Crippen LogP contribution in [0.1, 0.15) is 6.42 Å². The smallest absolute Gasteiger partial charge is 0.119 e. The number of nitrogens with zero attached hydrogens (tertiary/aromatic N) is 1. The average Bonchev–Trinajstić information content (AvgIpc) is 2.56. The normalized spacial score (nSPS) is 22.6. The van der Waals surface area contributed by atoms with E-state index in [2.05, 4.69) is 46.7 Å². The molecule has 1 aliphatic rings. The summed E-state index contributed by atoms with van der Waals surface area (Å²) in [5, 5.41) is 0. The van der Waals surface area contributed by atoms with Crippen molar-refractivity contribution in [1.82, 2.24) is 4.90 Å². The molecule has 0 aliphatic carbocycles. The van der Waals surface area contributed by atoms with Crippen molar-refractivity contribution in [3.8, 4) is 5.75 Å². The molecule has 1 atom stereocenters. The second-order valence-electron chi connectivity index (χ2n) is 3.74. The highest BCUT2D eigenvalue weighted by Gasteiger charge is 2.20. The Morgan fingerprint density at radius 2 is 2.07 bits per heavy atom. The highest BCUT2D eigenvalue weighted by atomic mass is 127. The van der Waals surface area contributed by atoms with Crippen LogP contribution in [0.5, 0.6) is 5.75 Å². The first-order chi connectivity index (χ1) is 6.74. The summed E-state index contributed by atoms with van der Waals surface area (Å²) in [4.78, 5) is 2.30. The van der Waals surface area contributed by atoms with Gasteiger partial charge in [0.25, 0.3) is 0 Å². The largest absolute Gasteiger partial charge is 0.489 e. The van der Waals surface area contributed by atoms with Gasteiger partial charge in [-0.2, -0.15) is 0 Å². The van der Waals surface area contributed by atoms with Crippen LogP contribution >= 0.6 is 22.6 Å². The summed E-state index contributed by atoms with van der Waals surface area (Å²) < 4.78 is 7.10. The maximum Gasteiger partial charge on any atom is 0.119 e. The predicted molar refractivity (Wildman–Crippen MR) is 65.7 cm³/mol. The molecular weight excluding hydrogens is 289 g/mol. The van der Waals surface area contributed by atoms with E-state index < -0.39 is 0 Å². The maximum absolute atomic E-state index is 5.86. The minimum absolute atomic E-state index is 0.375. The fraction of sp³-hybridized carbons (Fsp3) is 0.455. The van der Waals surface area contributed by atoms with Gasteiger partial charge in [-0.15, -0.1) is 0 Å². The third kappa shape index (κ3) is 2.60. The molecule has 0 spiro atoms. The fourth-order valence-electron chi connectivity index (χ4n) is 1.70. The quantitative estimate of drug-likeness (QED) is 0.778. The third-order valence-corrected chi connectivity index (χ3v) is 3.18. The Kier molecular flexibility index (Phi) is 3.28. The van der Waals surface area contributed by atoms with E-state index in [0.717, 1.165) is 25.3 Å². The van der Waals surface area contributed by atoms with Crippen LogP contribution in [0.2, 0.25) is 0 Å². The van der Waals surface area contributed by atoms with Crippen molar-refractivity contribution in [1.29, 1.82) is 0 Å². The molecule has 1 heterocycles. The zero-order valence-corrected chi connectivity index (χ0v) is 10.4. The average molecular weight is 303 g/mol. The number of ether oxygens (including phenoxy) is 1. The minimum atomic E-state index is 0.375. The lowest BCUT2D eigenvalue weighted by Gasteiger charge is -2.13. The van der Waals surface area contributed by atoms with Crippen molar-refractivity contribution < 1.29 is 4.74 Å². The van der Waals surface area contributed by atoms with E-state index in [1.807, 2.05) is 12.1 Å². The maximum atomic E-state index is 5.86. The summed E-state index contributed by atoms with van der Waals surface area (Å²) in [5.41, 5.74) is 0. The first-order valence-corrected chi connectivity index (χ1v) is 5.93. The van der Waals surface area contributed by atoms with Gasteiger partial charge in [-0.1, -0.05) is 0 Å². The second-order valence-corrected chi connectivity index (χ2v) is 4.99. The van der Waals surface area contributed by atoms with Crippen LogP contribution < -0.4 is 4.74 Å². The number of halogens is 1. The van der Waals surface area contributed by atoms with Crippen LogP contribution in [0.4, 0.5) is 0 Å². The number of likely N-dealkylation sites (tertiary alicyclic amines) is 1. The predicted octanol–water partition coefficient (Wildman–Crippen LogP) is 2.37. The summed E-state index contributed by atoms with van der Waals surface area (Å²) in [6.45, 7) is 2.20. The van der Waals surface area contributed by atoms with E-state index in [4.69, 9.17) is 4.74 Å². The van der Waals surface area contributed by atoms with Gasteiger partial charge in [-0.3, -0.25) is 0 Å². The van der Waals surface area contributed by atoms with Crippen molar-refractivity contribution in [3.05, 3.63) is 27.8 Å². The molecule has 0 N–H and O–H groups in total. The second kappa shape index (κ2) is 4.49. The number of hydrogen-bond donors (Lipinski definition) is 0. The van der Waals surface area contributed by atoms with Crippen LogP contribution in [0.25, 0.3) is 0 Å². The highest BCUT2D eigenvalue weighted by molar-refractivity contribution is 14.1. The van der Waals surface area contributed by atoms with Gasteiger partial charge in [-0.05, 0) is 60.3 Å². The monoisotopic (exact) mass is 303 g/mol. The molecule has 1 aromatic rings. The van der Waals surface area contributed by atoms with E-state index in [0.29, 0.717) is 6.10 Å². The van der Waals surface area contributed by atoms with Crippen molar-refractivity contribution >= 4 is 22.6 Å². The lowest BCUT2D eigenvalue weighted by atomic mass is 10.3. The van der Waals surface area contributed by atoms with E-state index in [1.54, 1.807) is 0 Å². The summed E-state index contributed by atoms with van der Waals surface area (Å²) in [6.07, 6.45) is 1.52. The number of hydrogen-bond acceptors (Lipinski definition) is 2. The van der Waals surface area contributed by atoms with Crippen LogP contribution in [0, 0.1) is 3.57 Å². The van der Waals surface area contributed by atoms with Crippen LogP contribution in [-0.2, 0) is 0 Å². The van der Waals surface area contributed by atoms with Gasteiger partial charge in [0.1, 0.15) is 11.9 Å². The molecule has 0 amide bonds. The molecule has 3 heteroatoms. The molecule has 1 aromatic carbocycles. The Morgan fingerprint density at radius 3 is 2.64 bits per heavy atom. The Labute approximate surface area is 98.4 Å². The number of benzene rings is 1. The van der Waals surface area contributed by atoms with Gasteiger partial charge in [0.2, 0.25) is 0 Å². The van der Waals surface area contributed by atoms with Crippen molar-refractivity contribution in [3.63, 3.8) is 0 Å². The Bertz CT molecular complexity index is 299. The topological polar surface area (TPSA) is 12.5 Å². The summed E-state index contributed by atoms with van der Waals surface area (Å²) >= 11 is 2.30. The molecule has 1 fully saturated rings. The lowest BCUT2D eigenvalue weighted by Crippen LogP contribution is -2.21. The molecule has 2 rings (SSSR count). The van der Waals surface area contributed by atoms with Gasteiger partial charge in [0.05, 0.1) is 0 Å². The van der Waals surface area contributed by atoms with Crippen molar-refractivity contribution in [2.45, 2.75) is 12.5 Å². The molecule has 14 heavy (non-hydrogen) atoms. The Hall–Kier alpha value is -0.290. The standard InChI is InChI=1S/C11H14INO/c1-13-7-6-11(8-13)14-10-4-2-9(12)3-5-10/h2-5,11H,6-8H2,1H3/t11-/m0/s1. The first kappa shape index (κ1) is 10.2. The molecule has 0 bridgehead atoms. The SMILES string of the molecule is CN1CC[C@H](Oc2ccc(I)cc2)C1. The first-order valence-electron chi connectivity index (χ1n) is 4.85. The molecule has 2 nitrogen and oxygen atoms in total. The zero-order chi connectivity index (χ0) is 9.97. The van der Waals surface area contributed by atoms with Gasteiger partial charge < -0.3 is 9.64 Å². The van der Waals surface area contributed by atoms with E-state index in [-0.39, 0.29) is 0 Å². The summed E-state index contributed by atoms with van der Waals surface area (Å²) in [7, 11) is 2.14. The van der Waals surface area contributed by atoms with Crippen LogP contribution in [-0.4, -0.2) is 31.1 Å². The number of rotatable bonds is 2. The highest BCUT2D eigenvalue weighted by Crippen LogP contribution is 2.18. The Balaban J connectivity index is 1.94. The van der Waals surface area contributed by atoms with Crippen LogP contribution in [0.15, 0.2) is 24.3 Å².